The summed E-state index contributed by atoms with van der Waals surface area (Å²) in [6.07, 6.45) is -8.51. The van der Waals surface area contributed by atoms with Gasteiger partial charge in [-0.2, -0.15) is 0 Å². The highest BCUT2D eigenvalue weighted by Gasteiger charge is 2.62. The van der Waals surface area contributed by atoms with E-state index in [0.29, 0.717) is 6.61 Å². The fraction of sp³-hybridized carbons (Fsp3) is 0.260. The minimum Gasteiger partial charge on any atom is -0.385 e. The molecule has 84 heavy (non-hydrogen) atoms. The van der Waals surface area contributed by atoms with E-state index < -0.39 is 60.4 Å². The topological polar surface area (TPSA) is 113 Å². The SMILES string of the molecule is O[C@H]1[C@@H](O[C@]2(COCc3ccccc3)O[C@H](COCc3ccccc3)[C@@H](OCc3ccccc3)[C@@H]2OCc2ccccc2)O[C@H](COC(c2ccccc2)(c2ccccc2)c2ccccc2)[C@@H](OCc2ccccc2)[C@@H]1OCc1ccccc1. The standard InChI is InChI=1S/C73H72O11/c74-66-69(79-50-59-36-18-5-19-37-59)67(77-48-57-32-14-3-15-33-57)64(53-81-73(61-40-22-7-23-41-61,62-42-24-8-25-43-62)63-44-26-9-27-45-63)82-71(66)84-72(54-76-47-56-30-12-2-13-31-56)70(80-51-60-38-20-6-21-39-60)68(78-49-58-34-16-4-17-35-58)65(83-72)52-75-46-55-28-10-1-11-29-55/h1-45,64-71,74H,46-54H2/t64-,65-,66-,67-,68-,69-,70+,71-,72+/m1/s1. The highest BCUT2D eigenvalue weighted by atomic mass is 16.8. The lowest BCUT2D eigenvalue weighted by Gasteiger charge is -2.48. The van der Waals surface area contributed by atoms with Crippen LogP contribution in [0.4, 0.5) is 0 Å². The first-order valence-electron chi connectivity index (χ1n) is 28.9. The number of aliphatic hydroxyl groups is 1. The van der Waals surface area contributed by atoms with Gasteiger partial charge in [0.2, 0.25) is 5.79 Å². The molecule has 2 heterocycles. The quantitative estimate of drug-likeness (QED) is 0.0473. The maximum Gasteiger partial charge on any atom is 0.224 e. The lowest BCUT2D eigenvalue weighted by molar-refractivity contribution is -0.395. The zero-order chi connectivity index (χ0) is 57.1. The molecule has 9 atom stereocenters. The molecular formula is C73H72O11. The lowest BCUT2D eigenvalue weighted by Crippen LogP contribution is -2.64. The smallest absolute Gasteiger partial charge is 0.224 e. The number of hydrogen-bond acceptors (Lipinski definition) is 11. The second kappa shape index (κ2) is 29.4. The molecule has 2 saturated heterocycles. The summed E-state index contributed by atoms with van der Waals surface area (Å²) in [7, 11) is 0. The molecule has 2 fully saturated rings. The molecule has 0 bridgehead atoms. The van der Waals surface area contributed by atoms with Crippen LogP contribution in [-0.4, -0.2) is 79.7 Å². The Balaban J connectivity index is 1.02. The molecule has 0 radical (unpaired) electrons. The first-order chi connectivity index (χ1) is 41.5. The van der Waals surface area contributed by atoms with Crippen molar-refractivity contribution in [3.05, 3.63) is 323 Å². The summed E-state index contributed by atoms with van der Waals surface area (Å²) >= 11 is 0. The Hall–Kier alpha value is -7.46. The predicted molar refractivity (Wildman–Crippen MR) is 321 cm³/mol. The minimum atomic E-state index is -1.83. The van der Waals surface area contributed by atoms with Gasteiger partial charge in [0.05, 0.1) is 52.9 Å². The third-order valence-corrected chi connectivity index (χ3v) is 15.3. The monoisotopic (exact) mass is 1120 g/mol. The number of benzene rings is 9. The molecule has 0 amide bonds. The van der Waals surface area contributed by atoms with Gasteiger partial charge in [-0.05, 0) is 50.1 Å². The second-order valence-electron chi connectivity index (χ2n) is 21.2. The molecule has 0 aromatic heterocycles. The third kappa shape index (κ3) is 14.7. The molecule has 0 saturated carbocycles. The number of ether oxygens (including phenoxy) is 10. The molecule has 11 nitrogen and oxygen atoms in total. The van der Waals surface area contributed by atoms with Crippen molar-refractivity contribution in [3.8, 4) is 0 Å². The van der Waals surface area contributed by atoms with Gasteiger partial charge < -0.3 is 52.5 Å². The number of hydrogen-bond donors (Lipinski definition) is 1. The molecule has 0 aliphatic carbocycles. The van der Waals surface area contributed by atoms with Gasteiger partial charge >= 0.3 is 0 Å². The van der Waals surface area contributed by atoms with E-state index in [1.807, 2.05) is 237 Å². The van der Waals surface area contributed by atoms with Crippen molar-refractivity contribution in [2.75, 3.05) is 19.8 Å². The van der Waals surface area contributed by atoms with Crippen molar-refractivity contribution in [3.63, 3.8) is 0 Å². The van der Waals surface area contributed by atoms with Gasteiger partial charge in [-0.25, -0.2) is 0 Å². The van der Waals surface area contributed by atoms with E-state index in [1.165, 1.54) is 0 Å². The van der Waals surface area contributed by atoms with E-state index in [0.717, 1.165) is 50.1 Å². The van der Waals surface area contributed by atoms with Crippen LogP contribution in [0.2, 0.25) is 0 Å². The molecule has 11 heteroatoms. The lowest BCUT2D eigenvalue weighted by atomic mass is 9.80. The van der Waals surface area contributed by atoms with Crippen molar-refractivity contribution in [2.45, 2.75) is 100 Å². The van der Waals surface area contributed by atoms with Gasteiger partial charge in [0.25, 0.3) is 0 Å². The molecule has 11 rings (SSSR count). The van der Waals surface area contributed by atoms with Crippen LogP contribution >= 0.6 is 0 Å². The van der Waals surface area contributed by atoms with Gasteiger partial charge in [0.15, 0.2) is 6.29 Å². The van der Waals surface area contributed by atoms with Gasteiger partial charge in [-0.3, -0.25) is 0 Å². The van der Waals surface area contributed by atoms with Crippen molar-refractivity contribution < 1.29 is 52.5 Å². The average Bonchev–Trinajstić information content (AvgIpc) is 2.31. The maximum absolute atomic E-state index is 13.3. The summed E-state index contributed by atoms with van der Waals surface area (Å²) in [4.78, 5) is 0. The Morgan fingerprint density at radius 1 is 0.357 bits per heavy atom. The van der Waals surface area contributed by atoms with Gasteiger partial charge in [0.1, 0.15) is 54.9 Å². The summed E-state index contributed by atoms with van der Waals surface area (Å²) in [6.45, 7) is 1.05. The first-order valence-corrected chi connectivity index (χ1v) is 28.9. The summed E-state index contributed by atoms with van der Waals surface area (Å²) in [5, 5.41) is 13.3. The normalized spacial score (nSPS) is 22.4. The second-order valence-corrected chi connectivity index (χ2v) is 21.2. The van der Waals surface area contributed by atoms with Gasteiger partial charge in [0, 0.05) is 0 Å². The summed E-state index contributed by atoms with van der Waals surface area (Å²) in [5.41, 5.74) is 7.17. The van der Waals surface area contributed by atoms with Crippen molar-refractivity contribution in [1.82, 2.24) is 0 Å². The van der Waals surface area contributed by atoms with E-state index in [-0.39, 0.29) is 52.9 Å². The van der Waals surface area contributed by atoms with Crippen LogP contribution in [0, 0.1) is 0 Å². The Morgan fingerprint density at radius 2 is 0.702 bits per heavy atom. The molecule has 9 aromatic carbocycles. The Morgan fingerprint density at radius 3 is 1.12 bits per heavy atom. The molecule has 430 valence electrons. The Kier molecular flexibility index (Phi) is 20.4. The molecule has 0 unspecified atom stereocenters. The molecular weight excluding hydrogens is 1050 g/mol. The summed E-state index contributed by atoms with van der Waals surface area (Å²) in [5.74, 6) is -1.83. The van der Waals surface area contributed by atoms with Crippen molar-refractivity contribution in [1.29, 1.82) is 0 Å². The van der Waals surface area contributed by atoms with Crippen LogP contribution in [0.5, 0.6) is 0 Å². The van der Waals surface area contributed by atoms with Crippen molar-refractivity contribution in [2.24, 2.45) is 0 Å². The molecule has 2 aliphatic heterocycles. The van der Waals surface area contributed by atoms with Crippen LogP contribution in [0.1, 0.15) is 50.1 Å². The highest BCUT2D eigenvalue weighted by molar-refractivity contribution is 5.47. The molecule has 1 N–H and O–H groups in total. The highest BCUT2D eigenvalue weighted by Crippen LogP contribution is 2.44. The number of aliphatic hydroxyl groups excluding tert-OH is 1. The molecule has 2 aliphatic rings. The van der Waals surface area contributed by atoms with Crippen LogP contribution in [0.15, 0.2) is 273 Å². The zero-order valence-corrected chi connectivity index (χ0v) is 47.0. The van der Waals surface area contributed by atoms with Crippen LogP contribution in [0.3, 0.4) is 0 Å². The first kappa shape index (κ1) is 58.3. The Bertz CT molecular complexity index is 3180. The fourth-order valence-electron chi connectivity index (χ4n) is 11.1. The fourth-order valence-corrected chi connectivity index (χ4v) is 11.1. The summed E-state index contributed by atoms with van der Waals surface area (Å²) in [6, 6.07) is 90.2. The largest absolute Gasteiger partial charge is 0.385 e. The van der Waals surface area contributed by atoms with Crippen LogP contribution in [0.25, 0.3) is 0 Å². The van der Waals surface area contributed by atoms with Gasteiger partial charge in [-0.15, -0.1) is 0 Å². The van der Waals surface area contributed by atoms with Crippen molar-refractivity contribution >= 4 is 0 Å². The maximum atomic E-state index is 13.3. The molecule has 0 spiro atoms. The third-order valence-electron chi connectivity index (χ3n) is 15.3. The van der Waals surface area contributed by atoms with Gasteiger partial charge in [-0.1, -0.05) is 273 Å². The average molecular weight is 1130 g/mol. The van der Waals surface area contributed by atoms with Crippen LogP contribution < -0.4 is 0 Å². The van der Waals surface area contributed by atoms with Crippen LogP contribution in [-0.2, 0) is 92.6 Å². The van der Waals surface area contributed by atoms with E-state index in [1.54, 1.807) is 0 Å². The molecule has 9 aromatic rings. The summed E-state index contributed by atoms with van der Waals surface area (Å²) < 4.78 is 71.3. The van der Waals surface area contributed by atoms with E-state index in [4.69, 9.17) is 47.4 Å². The Labute approximate surface area is 493 Å². The minimum absolute atomic E-state index is 0.0685. The predicted octanol–water partition coefficient (Wildman–Crippen LogP) is 13.0. The van der Waals surface area contributed by atoms with E-state index >= 15 is 0 Å². The van der Waals surface area contributed by atoms with E-state index in [2.05, 4.69) is 36.4 Å². The zero-order valence-electron chi connectivity index (χ0n) is 47.0. The number of rotatable bonds is 28. The van der Waals surface area contributed by atoms with E-state index in [9.17, 15) is 5.11 Å².